The smallest absolute Gasteiger partial charge is 0.218 e. The molecule has 0 bridgehead atoms. The maximum atomic E-state index is 11.5. The van der Waals surface area contributed by atoms with E-state index in [4.69, 9.17) is 19.9 Å². The van der Waals surface area contributed by atoms with Crippen molar-refractivity contribution < 1.29 is 19.0 Å². The van der Waals surface area contributed by atoms with Gasteiger partial charge in [0.25, 0.3) is 0 Å². The number of carbonyl (C=O) groups is 1. The summed E-state index contributed by atoms with van der Waals surface area (Å²) in [6, 6.07) is 24.1. The van der Waals surface area contributed by atoms with Gasteiger partial charge in [-0.25, -0.2) is 0 Å². The number of thioether (sulfide) groups is 1. The molecule has 2 N–H and O–H groups in total. The second-order valence-corrected chi connectivity index (χ2v) is 8.24. The fourth-order valence-corrected chi connectivity index (χ4v) is 5.05. The van der Waals surface area contributed by atoms with Crippen molar-refractivity contribution in [2.45, 2.75) is 11.2 Å². The SMILES string of the molecule is COc1ccc(C(SCCC(N)=O)(c2ccc(OC)cc2)c2ccc(OC)cc2)cc1. The first kappa shape index (κ1) is 22.6. The first-order valence-corrected chi connectivity index (χ1v) is 10.9. The summed E-state index contributed by atoms with van der Waals surface area (Å²) in [5.41, 5.74) is 8.65. The second-order valence-electron chi connectivity index (χ2n) is 6.93. The maximum Gasteiger partial charge on any atom is 0.218 e. The molecule has 0 aliphatic carbocycles. The summed E-state index contributed by atoms with van der Waals surface area (Å²) in [7, 11) is 4.95. The number of methoxy groups -OCH3 is 3. The van der Waals surface area contributed by atoms with Gasteiger partial charge in [0.1, 0.15) is 17.2 Å². The van der Waals surface area contributed by atoms with E-state index in [0.717, 1.165) is 33.9 Å². The van der Waals surface area contributed by atoms with Crippen LogP contribution in [0.2, 0.25) is 0 Å². The summed E-state index contributed by atoms with van der Waals surface area (Å²) in [6.07, 6.45) is 0.287. The summed E-state index contributed by atoms with van der Waals surface area (Å²) in [4.78, 5) is 11.5. The predicted octanol–water partition coefficient (Wildman–Crippen LogP) is 4.61. The van der Waals surface area contributed by atoms with E-state index >= 15 is 0 Å². The quantitative estimate of drug-likeness (QED) is 0.469. The number of amides is 1. The molecule has 0 aliphatic heterocycles. The standard InChI is InChI=1S/C25H27NO4S/c1-28-21-10-4-18(5-11-21)25(31-17-16-24(26)27,19-6-12-22(29-2)13-7-19)20-8-14-23(30-3)15-9-20/h4-15H,16-17H2,1-3H3,(H2,26,27). The van der Waals surface area contributed by atoms with Gasteiger partial charge in [0, 0.05) is 12.2 Å². The van der Waals surface area contributed by atoms with E-state index in [-0.39, 0.29) is 12.3 Å². The molecule has 0 fully saturated rings. The Labute approximate surface area is 187 Å². The van der Waals surface area contributed by atoms with E-state index in [2.05, 4.69) is 36.4 Å². The first-order valence-electron chi connectivity index (χ1n) is 9.89. The molecule has 5 nitrogen and oxygen atoms in total. The zero-order valence-corrected chi connectivity index (χ0v) is 18.8. The molecule has 31 heavy (non-hydrogen) atoms. The lowest BCUT2D eigenvalue weighted by atomic mass is 9.84. The number of carbonyl (C=O) groups excluding carboxylic acids is 1. The first-order chi connectivity index (χ1) is 15.0. The van der Waals surface area contributed by atoms with Crippen molar-refractivity contribution in [2.75, 3.05) is 27.1 Å². The van der Waals surface area contributed by atoms with E-state index in [0.29, 0.717) is 5.75 Å². The Morgan fingerprint density at radius 3 is 1.29 bits per heavy atom. The Hall–Kier alpha value is -3.12. The van der Waals surface area contributed by atoms with Crippen molar-refractivity contribution in [3.63, 3.8) is 0 Å². The van der Waals surface area contributed by atoms with Crippen molar-refractivity contribution in [3.8, 4) is 17.2 Å². The molecule has 0 unspecified atom stereocenters. The highest BCUT2D eigenvalue weighted by Crippen LogP contribution is 2.49. The summed E-state index contributed by atoms with van der Waals surface area (Å²) in [6.45, 7) is 0. The second kappa shape index (κ2) is 10.3. The Morgan fingerprint density at radius 2 is 1.03 bits per heavy atom. The lowest BCUT2D eigenvalue weighted by Gasteiger charge is -2.35. The number of rotatable bonds is 10. The molecule has 0 aromatic heterocycles. The van der Waals surface area contributed by atoms with Gasteiger partial charge < -0.3 is 19.9 Å². The molecule has 0 spiro atoms. The Bertz CT molecular complexity index is 870. The van der Waals surface area contributed by atoms with E-state index in [1.165, 1.54) is 0 Å². The van der Waals surface area contributed by atoms with Crippen molar-refractivity contribution in [2.24, 2.45) is 5.73 Å². The van der Waals surface area contributed by atoms with Gasteiger partial charge in [-0.05, 0) is 53.1 Å². The minimum atomic E-state index is -0.569. The molecular weight excluding hydrogens is 410 g/mol. The topological polar surface area (TPSA) is 70.8 Å². The highest BCUT2D eigenvalue weighted by molar-refractivity contribution is 8.00. The highest BCUT2D eigenvalue weighted by Gasteiger charge is 2.37. The minimum absolute atomic E-state index is 0.287. The van der Waals surface area contributed by atoms with Gasteiger partial charge in [0.15, 0.2) is 0 Å². The summed E-state index contributed by atoms with van der Waals surface area (Å²) < 4.78 is 15.5. The molecule has 3 aromatic rings. The molecule has 0 heterocycles. The number of hydrogen-bond donors (Lipinski definition) is 1. The highest BCUT2D eigenvalue weighted by atomic mass is 32.2. The number of benzene rings is 3. The van der Waals surface area contributed by atoms with Crippen molar-refractivity contribution in [1.29, 1.82) is 0 Å². The van der Waals surface area contributed by atoms with Gasteiger partial charge in [-0.3, -0.25) is 4.79 Å². The predicted molar refractivity (Wildman–Crippen MR) is 125 cm³/mol. The zero-order chi connectivity index (χ0) is 22.3. The van der Waals surface area contributed by atoms with Crippen molar-refractivity contribution >= 4 is 17.7 Å². The maximum absolute atomic E-state index is 11.5. The molecule has 0 radical (unpaired) electrons. The van der Waals surface area contributed by atoms with Crippen LogP contribution in [-0.2, 0) is 9.54 Å². The average molecular weight is 438 g/mol. The van der Waals surface area contributed by atoms with E-state index in [1.807, 2.05) is 36.4 Å². The van der Waals surface area contributed by atoms with Crippen molar-refractivity contribution in [1.82, 2.24) is 0 Å². The van der Waals surface area contributed by atoms with Gasteiger partial charge in [-0.2, -0.15) is 0 Å². The largest absolute Gasteiger partial charge is 0.497 e. The Balaban J connectivity index is 2.21. The van der Waals surface area contributed by atoms with Gasteiger partial charge in [0.2, 0.25) is 5.91 Å². The van der Waals surface area contributed by atoms with Crippen LogP contribution >= 0.6 is 11.8 Å². The molecule has 3 rings (SSSR count). The Morgan fingerprint density at radius 1 is 0.710 bits per heavy atom. The van der Waals surface area contributed by atoms with Crippen LogP contribution in [0.15, 0.2) is 72.8 Å². The van der Waals surface area contributed by atoms with Gasteiger partial charge in [-0.1, -0.05) is 36.4 Å². The summed E-state index contributed by atoms with van der Waals surface area (Å²) >= 11 is 1.67. The summed E-state index contributed by atoms with van der Waals surface area (Å²) in [5.74, 6) is 2.60. The number of primary amides is 1. The van der Waals surface area contributed by atoms with Gasteiger partial charge in [-0.15, -0.1) is 11.8 Å². The summed E-state index contributed by atoms with van der Waals surface area (Å²) in [5, 5.41) is 0. The lowest BCUT2D eigenvalue weighted by Crippen LogP contribution is -2.27. The molecule has 6 heteroatoms. The normalized spacial score (nSPS) is 11.1. The molecule has 3 aromatic carbocycles. The van der Waals surface area contributed by atoms with Crippen molar-refractivity contribution in [3.05, 3.63) is 89.5 Å². The molecule has 0 atom stereocenters. The zero-order valence-electron chi connectivity index (χ0n) is 18.0. The molecule has 0 aliphatic rings. The van der Waals surface area contributed by atoms with Crippen LogP contribution in [0.1, 0.15) is 23.1 Å². The number of nitrogens with two attached hydrogens (primary N) is 1. The Kier molecular flexibility index (Phi) is 7.47. The molecule has 1 amide bonds. The molecular formula is C25H27NO4S. The van der Waals surface area contributed by atoms with Crippen LogP contribution in [0.25, 0.3) is 0 Å². The average Bonchev–Trinajstić information content (AvgIpc) is 2.82. The third kappa shape index (κ3) is 4.97. The number of hydrogen-bond acceptors (Lipinski definition) is 5. The third-order valence-electron chi connectivity index (χ3n) is 5.16. The third-order valence-corrected chi connectivity index (χ3v) is 6.71. The minimum Gasteiger partial charge on any atom is -0.497 e. The van der Waals surface area contributed by atoms with Crippen LogP contribution < -0.4 is 19.9 Å². The van der Waals surface area contributed by atoms with Gasteiger partial charge in [0.05, 0.1) is 26.1 Å². The van der Waals surface area contributed by atoms with Gasteiger partial charge >= 0.3 is 0 Å². The van der Waals surface area contributed by atoms with E-state index < -0.39 is 4.75 Å². The fraction of sp³-hybridized carbons (Fsp3) is 0.240. The van der Waals surface area contributed by atoms with E-state index in [1.54, 1.807) is 33.1 Å². The van der Waals surface area contributed by atoms with Crippen LogP contribution in [0.3, 0.4) is 0 Å². The number of ether oxygens (including phenoxy) is 3. The van der Waals surface area contributed by atoms with Crippen LogP contribution in [-0.4, -0.2) is 33.0 Å². The lowest BCUT2D eigenvalue weighted by molar-refractivity contribution is -0.117. The van der Waals surface area contributed by atoms with Crippen LogP contribution in [0, 0.1) is 0 Å². The monoisotopic (exact) mass is 437 g/mol. The van der Waals surface area contributed by atoms with E-state index in [9.17, 15) is 4.79 Å². The molecule has 162 valence electrons. The van der Waals surface area contributed by atoms with Crippen LogP contribution in [0.4, 0.5) is 0 Å². The fourth-order valence-electron chi connectivity index (χ4n) is 3.53. The van der Waals surface area contributed by atoms with Crippen LogP contribution in [0.5, 0.6) is 17.2 Å². The molecule has 0 saturated carbocycles. The molecule has 0 saturated heterocycles.